The Balaban J connectivity index is 1.94. The number of nitrogens with one attached hydrogen (secondary N) is 1. The van der Waals surface area contributed by atoms with Gasteiger partial charge in [0.2, 0.25) is 5.91 Å². The molecule has 35 heavy (non-hydrogen) atoms. The molecule has 188 valence electrons. The number of anilines is 1. The number of nitrogens with zero attached hydrogens (tertiary/aromatic N) is 1. The van der Waals surface area contributed by atoms with Gasteiger partial charge in [0.15, 0.2) is 5.78 Å². The summed E-state index contributed by atoms with van der Waals surface area (Å²) >= 11 is 0. The van der Waals surface area contributed by atoms with Crippen molar-refractivity contribution in [1.29, 1.82) is 0 Å². The predicted octanol–water partition coefficient (Wildman–Crippen LogP) is 4.22. The number of aryl methyl sites for hydroxylation is 1. The first-order chi connectivity index (χ1) is 16.7. The smallest absolute Gasteiger partial charge is 0.307 e. The number of Topliss-reactive ketones (excluding diaryl/α,β-unsaturated/α-hetero) is 1. The van der Waals surface area contributed by atoms with Crippen LogP contribution >= 0.6 is 0 Å². The van der Waals surface area contributed by atoms with Crippen LogP contribution < -0.4 is 4.90 Å². The minimum absolute atomic E-state index is 0.0910. The minimum Gasteiger partial charge on any atom is -0.466 e. The average Bonchev–Trinajstić information content (AvgIpc) is 3.16. The lowest BCUT2D eigenvalue weighted by molar-refractivity contribution is -0.151. The third kappa shape index (κ3) is 4.46. The van der Waals surface area contributed by atoms with Crippen LogP contribution in [0.5, 0.6) is 0 Å². The third-order valence-corrected chi connectivity index (χ3v) is 6.89. The quantitative estimate of drug-likeness (QED) is 0.446. The molecule has 1 aliphatic carbocycles. The van der Waals surface area contributed by atoms with Crippen molar-refractivity contribution in [3.05, 3.63) is 29.0 Å². The number of ketones is 1. The van der Waals surface area contributed by atoms with E-state index in [1.807, 2.05) is 26.0 Å². The highest BCUT2D eigenvalue weighted by Crippen LogP contribution is 2.49. The minimum atomic E-state index is -1.43. The molecule has 0 saturated carbocycles. The second-order valence-electron chi connectivity index (χ2n) is 9.88. The summed E-state index contributed by atoms with van der Waals surface area (Å²) in [6.45, 7) is 8.24. The Morgan fingerprint density at radius 2 is 1.66 bits per heavy atom. The highest BCUT2D eigenvalue weighted by atomic mass is 16.5. The Labute approximate surface area is 205 Å². The molecule has 0 fully saturated rings. The van der Waals surface area contributed by atoms with Gasteiger partial charge < -0.3 is 19.4 Å². The van der Waals surface area contributed by atoms with E-state index in [1.165, 1.54) is 0 Å². The molecule has 1 aliphatic heterocycles. The molecule has 1 aromatic carbocycles. The molecule has 1 aromatic heterocycles. The third-order valence-electron chi connectivity index (χ3n) is 6.89. The lowest BCUT2D eigenvalue weighted by Crippen LogP contribution is -2.45. The molecule has 8 heteroatoms. The number of esters is 2. The van der Waals surface area contributed by atoms with Gasteiger partial charge in [-0.3, -0.25) is 19.2 Å². The molecule has 0 spiro atoms. The fourth-order valence-corrected chi connectivity index (χ4v) is 5.45. The number of hydrogen-bond acceptors (Lipinski definition) is 6. The van der Waals surface area contributed by atoms with E-state index >= 15 is 0 Å². The zero-order valence-electron chi connectivity index (χ0n) is 21.0. The van der Waals surface area contributed by atoms with Gasteiger partial charge >= 0.3 is 11.9 Å². The Kier molecular flexibility index (Phi) is 7.01. The monoisotopic (exact) mass is 482 g/mol. The first kappa shape index (κ1) is 24.9. The van der Waals surface area contributed by atoms with Crippen LogP contribution in [-0.2, 0) is 35.7 Å². The second-order valence-corrected chi connectivity index (χ2v) is 9.88. The predicted molar refractivity (Wildman–Crippen MR) is 132 cm³/mol. The van der Waals surface area contributed by atoms with Crippen molar-refractivity contribution in [2.45, 2.75) is 71.6 Å². The summed E-state index contributed by atoms with van der Waals surface area (Å²) in [6, 6.07) is 3.81. The van der Waals surface area contributed by atoms with Crippen LogP contribution in [0.2, 0.25) is 0 Å². The molecule has 0 atom stereocenters. The highest BCUT2D eigenvalue weighted by Gasteiger charge is 2.54. The van der Waals surface area contributed by atoms with Crippen molar-refractivity contribution in [2.75, 3.05) is 24.7 Å². The van der Waals surface area contributed by atoms with Crippen LogP contribution in [0.15, 0.2) is 12.1 Å². The zero-order valence-corrected chi connectivity index (χ0v) is 21.0. The van der Waals surface area contributed by atoms with Crippen molar-refractivity contribution >= 4 is 40.2 Å². The summed E-state index contributed by atoms with van der Waals surface area (Å²) in [5.74, 6) is -1.13. The molecular weight excluding hydrogens is 448 g/mol. The Hall–Kier alpha value is -3.16. The fourth-order valence-electron chi connectivity index (χ4n) is 5.45. The standard InChI is InChI=1S/C27H34N2O6/c1-5-34-23(31)13-27(14-24(32)35-6-2)19-12-20-18(11-21(19)29(26(27)33)15-16(3)4)17-9-7-8-10-22(30)25(17)28-20/h11-12,16,28H,5-10,13-15H2,1-4H3. The molecule has 2 heterocycles. The number of hydrogen-bond donors (Lipinski definition) is 1. The number of ether oxygens (including phenoxy) is 2. The second kappa shape index (κ2) is 9.84. The zero-order chi connectivity index (χ0) is 25.3. The van der Waals surface area contributed by atoms with Crippen molar-refractivity contribution in [3.8, 4) is 0 Å². The first-order valence-electron chi connectivity index (χ1n) is 12.6. The van der Waals surface area contributed by atoms with E-state index in [-0.39, 0.29) is 43.7 Å². The summed E-state index contributed by atoms with van der Waals surface area (Å²) in [4.78, 5) is 57.2. The lowest BCUT2D eigenvalue weighted by atomic mass is 9.75. The van der Waals surface area contributed by atoms with E-state index in [1.54, 1.807) is 18.7 Å². The van der Waals surface area contributed by atoms with E-state index in [0.717, 1.165) is 35.7 Å². The molecule has 2 aromatic rings. The molecule has 0 radical (unpaired) electrons. The fraction of sp³-hybridized carbons (Fsp3) is 0.556. The number of rotatable bonds is 8. The van der Waals surface area contributed by atoms with Crippen molar-refractivity contribution in [2.24, 2.45) is 5.92 Å². The number of fused-ring (bicyclic) bond motifs is 4. The Morgan fingerprint density at radius 3 is 2.26 bits per heavy atom. The summed E-state index contributed by atoms with van der Waals surface area (Å²) in [7, 11) is 0. The molecule has 1 N–H and O–H groups in total. The average molecular weight is 483 g/mol. The van der Waals surface area contributed by atoms with Gasteiger partial charge in [0.05, 0.1) is 37.2 Å². The largest absolute Gasteiger partial charge is 0.466 e. The van der Waals surface area contributed by atoms with E-state index in [2.05, 4.69) is 4.98 Å². The molecule has 1 amide bonds. The summed E-state index contributed by atoms with van der Waals surface area (Å²) < 4.78 is 10.4. The van der Waals surface area contributed by atoms with Gasteiger partial charge in [-0.15, -0.1) is 0 Å². The Morgan fingerprint density at radius 1 is 1.03 bits per heavy atom. The maximum atomic E-state index is 14.0. The van der Waals surface area contributed by atoms with Crippen molar-refractivity contribution in [3.63, 3.8) is 0 Å². The van der Waals surface area contributed by atoms with Gasteiger partial charge in [0.1, 0.15) is 0 Å². The highest BCUT2D eigenvalue weighted by molar-refractivity contribution is 6.14. The number of carbonyl (C=O) groups is 4. The van der Waals surface area contributed by atoms with Crippen LogP contribution in [0.3, 0.4) is 0 Å². The summed E-state index contributed by atoms with van der Waals surface area (Å²) in [5.41, 5.74) is 2.20. The summed E-state index contributed by atoms with van der Waals surface area (Å²) in [6.07, 6.45) is 2.55. The number of amides is 1. The molecular formula is C27H34N2O6. The van der Waals surface area contributed by atoms with Gasteiger partial charge in [0, 0.05) is 29.6 Å². The molecule has 4 rings (SSSR count). The van der Waals surface area contributed by atoms with Crippen molar-refractivity contribution < 1.29 is 28.7 Å². The van der Waals surface area contributed by atoms with E-state index in [9.17, 15) is 19.2 Å². The molecule has 8 nitrogen and oxygen atoms in total. The normalized spacial score (nSPS) is 16.9. The Bertz CT molecular complexity index is 1160. The van der Waals surface area contributed by atoms with Crippen LogP contribution in [0, 0.1) is 5.92 Å². The van der Waals surface area contributed by atoms with E-state index < -0.39 is 17.4 Å². The molecule has 0 bridgehead atoms. The lowest BCUT2D eigenvalue weighted by Gasteiger charge is -2.27. The van der Waals surface area contributed by atoms with Crippen LogP contribution in [0.25, 0.3) is 10.9 Å². The molecule has 2 aliphatic rings. The van der Waals surface area contributed by atoms with Gasteiger partial charge in [-0.2, -0.15) is 0 Å². The summed E-state index contributed by atoms with van der Waals surface area (Å²) in [5, 5.41) is 0.915. The molecule has 0 unspecified atom stereocenters. The van der Waals surface area contributed by atoms with Gasteiger partial charge in [-0.1, -0.05) is 13.8 Å². The number of benzene rings is 1. The maximum Gasteiger partial charge on any atom is 0.307 e. The SMILES string of the molecule is CCOC(=O)CC1(CC(=O)OCC)C(=O)N(CC(C)C)c2cc3c4c([nH]c3cc21)C(=O)CCCC4. The van der Waals surface area contributed by atoms with Gasteiger partial charge in [-0.25, -0.2) is 0 Å². The van der Waals surface area contributed by atoms with Gasteiger partial charge in [0.25, 0.3) is 0 Å². The van der Waals surface area contributed by atoms with E-state index in [4.69, 9.17) is 9.47 Å². The van der Waals surface area contributed by atoms with Gasteiger partial charge in [-0.05, 0) is 62.3 Å². The molecule has 0 saturated heterocycles. The topological polar surface area (TPSA) is 106 Å². The van der Waals surface area contributed by atoms with Crippen LogP contribution in [0.1, 0.15) is 81.4 Å². The van der Waals surface area contributed by atoms with Crippen LogP contribution in [0.4, 0.5) is 5.69 Å². The number of aromatic amines is 1. The maximum absolute atomic E-state index is 14.0. The van der Waals surface area contributed by atoms with Crippen LogP contribution in [-0.4, -0.2) is 48.4 Å². The first-order valence-corrected chi connectivity index (χ1v) is 12.6. The van der Waals surface area contributed by atoms with Crippen molar-refractivity contribution in [1.82, 2.24) is 4.98 Å². The number of aromatic nitrogens is 1. The number of H-pyrrole nitrogens is 1. The van der Waals surface area contributed by atoms with E-state index in [0.29, 0.717) is 29.9 Å². The number of carbonyl (C=O) groups excluding carboxylic acids is 4.